The summed E-state index contributed by atoms with van der Waals surface area (Å²) in [6.07, 6.45) is 0. The third kappa shape index (κ3) is 3.21. The molecule has 2 aromatic carbocycles. The Morgan fingerprint density at radius 3 is 2.41 bits per heavy atom. The molecule has 0 saturated heterocycles. The number of anilines is 3. The Labute approximate surface area is 171 Å². The molecule has 0 aliphatic carbocycles. The summed E-state index contributed by atoms with van der Waals surface area (Å²) in [6.45, 7) is 6.21. The summed E-state index contributed by atoms with van der Waals surface area (Å²) in [4.78, 5) is 36.8. The molecule has 8 heteroatoms. The van der Waals surface area contributed by atoms with Gasteiger partial charge in [0.2, 0.25) is 0 Å². The maximum absolute atomic E-state index is 12.3. The molecule has 0 bridgehead atoms. The van der Waals surface area contributed by atoms with Crippen LogP contribution in [0.25, 0.3) is 0 Å². The second kappa shape index (κ2) is 7.08. The van der Waals surface area contributed by atoms with Crippen molar-refractivity contribution in [1.82, 2.24) is 5.32 Å². The van der Waals surface area contributed by atoms with Gasteiger partial charge in [-0.25, -0.2) is 0 Å². The van der Waals surface area contributed by atoms with Gasteiger partial charge in [0.25, 0.3) is 16.8 Å². The predicted molar refractivity (Wildman–Crippen MR) is 112 cm³/mol. The van der Waals surface area contributed by atoms with E-state index in [1.165, 1.54) is 0 Å². The van der Waals surface area contributed by atoms with Crippen LogP contribution in [0.5, 0.6) is 0 Å². The van der Waals surface area contributed by atoms with Crippen LogP contribution >= 0.6 is 11.6 Å². The number of furan rings is 1. The van der Waals surface area contributed by atoms with Crippen LogP contribution in [-0.2, 0) is 6.54 Å². The number of hydrogen-bond donors (Lipinski definition) is 3. The first-order chi connectivity index (χ1) is 13.8. The largest absolute Gasteiger partial charge is 0.464 e. The van der Waals surface area contributed by atoms with Crippen LogP contribution in [0.15, 0.2) is 38.3 Å². The van der Waals surface area contributed by atoms with Gasteiger partial charge in [0.05, 0.1) is 22.3 Å². The maximum Gasteiger partial charge on any atom is 0.254 e. The first kappa shape index (κ1) is 19.3. The summed E-state index contributed by atoms with van der Waals surface area (Å²) < 4.78 is 5.71. The van der Waals surface area contributed by atoms with Crippen LogP contribution in [0, 0.1) is 12.8 Å². The fourth-order valence-electron chi connectivity index (χ4n) is 3.53. The molecule has 3 N–H and O–H groups in total. The Morgan fingerprint density at radius 2 is 1.76 bits per heavy atom. The number of carbonyl (C=O) groups excluding carboxylic acids is 1. The summed E-state index contributed by atoms with van der Waals surface area (Å²) in [6, 6.07) is 6.81. The van der Waals surface area contributed by atoms with Crippen molar-refractivity contribution in [2.24, 2.45) is 5.92 Å². The highest BCUT2D eigenvalue weighted by atomic mass is 35.5. The fourth-order valence-corrected chi connectivity index (χ4v) is 3.73. The number of nitrogens with one attached hydrogen (secondary N) is 3. The number of rotatable bonds is 6. The van der Waals surface area contributed by atoms with E-state index in [1.54, 1.807) is 12.1 Å². The minimum atomic E-state index is -0.655. The van der Waals surface area contributed by atoms with Crippen molar-refractivity contribution in [1.29, 1.82) is 0 Å². The Morgan fingerprint density at radius 1 is 1.03 bits per heavy atom. The molecule has 1 aliphatic rings. The fraction of sp³-hybridized carbons (Fsp3) is 0.286. The second-order valence-corrected chi connectivity index (χ2v) is 7.89. The summed E-state index contributed by atoms with van der Waals surface area (Å²) in [5, 5.41) is 9.10. The van der Waals surface area contributed by atoms with Gasteiger partial charge in [0.1, 0.15) is 22.9 Å². The quantitative estimate of drug-likeness (QED) is 0.533. The molecule has 150 valence electrons. The monoisotopic (exact) mass is 413 g/mol. The van der Waals surface area contributed by atoms with Gasteiger partial charge in [-0.1, -0.05) is 31.5 Å². The summed E-state index contributed by atoms with van der Waals surface area (Å²) in [5.41, 5.74) is 0.477. The van der Waals surface area contributed by atoms with E-state index in [1.807, 2.05) is 32.9 Å². The molecule has 29 heavy (non-hydrogen) atoms. The first-order valence-electron chi connectivity index (χ1n) is 9.30. The molecule has 0 saturated carbocycles. The van der Waals surface area contributed by atoms with Gasteiger partial charge in [-0.05, 0) is 36.6 Å². The lowest BCUT2D eigenvalue weighted by Crippen LogP contribution is -2.38. The SMILES string of the molecule is Cc1ccc(C(Nc2c(Nc3c(Cl)ccc4c3C(=O)NC4)c(=O)c2=O)C(C)C)o1. The molecule has 1 aliphatic heterocycles. The first-order valence-corrected chi connectivity index (χ1v) is 9.68. The Kier molecular flexibility index (Phi) is 4.70. The minimum Gasteiger partial charge on any atom is -0.464 e. The lowest BCUT2D eigenvalue weighted by atomic mass is 10.00. The molecular formula is C21H20ClN3O4. The standard InChI is InChI=1S/C21H20ClN3O4/c1-9(2)15(13-7-4-10(3)29-13)24-17-18(20(27)19(17)26)25-16-12(22)6-5-11-8-23-21(28)14(11)16/h4-7,9,15,24-25H,8H2,1-3H3,(H,23,28). The summed E-state index contributed by atoms with van der Waals surface area (Å²) in [5.74, 6) is 1.25. The minimum absolute atomic E-state index is 0.0909. The van der Waals surface area contributed by atoms with Gasteiger partial charge in [-0.15, -0.1) is 0 Å². The number of hydrogen-bond acceptors (Lipinski definition) is 6. The smallest absolute Gasteiger partial charge is 0.254 e. The Balaban J connectivity index is 1.70. The third-order valence-electron chi connectivity index (χ3n) is 5.10. The Hall–Kier alpha value is -3.06. The van der Waals surface area contributed by atoms with Crippen LogP contribution in [0.4, 0.5) is 17.1 Å². The second-order valence-electron chi connectivity index (χ2n) is 7.49. The highest BCUT2D eigenvalue weighted by Gasteiger charge is 2.30. The van der Waals surface area contributed by atoms with E-state index < -0.39 is 10.9 Å². The average Bonchev–Trinajstić information content (AvgIpc) is 3.28. The number of benzene rings is 1. The topological polar surface area (TPSA) is 100 Å². The van der Waals surface area contributed by atoms with E-state index in [-0.39, 0.29) is 29.2 Å². The lowest BCUT2D eigenvalue weighted by Gasteiger charge is -2.24. The molecule has 1 aromatic heterocycles. The van der Waals surface area contributed by atoms with Crippen LogP contribution in [-0.4, -0.2) is 5.91 Å². The summed E-state index contributed by atoms with van der Waals surface area (Å²) >= 11 is 6.29. The van der Waals surface area contributed by atoms with Crippen LogP contribution in [0.2, 0.25) is 5.02 Å². The van der Waals surface area contributed by atoms with Crippen LogP contribution in [0.1, 0.15) is 47.3 Å². The summed E-state index contributed by atoms with van der Waals surface area (Å²) in [7, 11) is 0. The molecular weight excluding hydrogens is 394 g/mol. The van der Waals surface area contributed by atoms with E-state index in [4.69, 9.17) is 16.0 Å². The van der Waals surface area contributed by atoms with Gasteiger partial charge in [0, 0.05) is 6.54 Å². The van der Waals surface area contributed by atoms with Crippen LogP contribution < -0.4 is 26.8 Å². The zero-order valence-electron chi connectivity index (χ0n) is 16.2. The van der Waals surface area contributed by atoms with Gasteiger partial charge in [-0.3, -0.25) is 14.4 Å². The van der Waals surface area contributed by atoms with Gasteiger partial charge < -0.3 is 20.4 Å². The van der Waals surface area contributed by atoms with E-state index in [2.05, 4.69) is 16.0 Å². The van der Waals surface area contributed by atoms with E-state index >= 15 is 0 Å². The molecule has 2 heterocycles. The van der Waals surface area contributed by atoms with E-state index in [9.17, 15) is 14.4 Å². The molecule has 1 unspecified atom stereocenters. The van der Waals surface area contributed by atoms with Gasteiger partial charge in [0.15, 0.2) is 0 Å². The van der Waals surface area contributed by atoms with Crippen molar-refractivity contribution >= 4 is 34.6 Å². The van der Waals surface area contributed by atoms with Crippen molar-refractivity contribution in [3.05, 3.63) is 72.4 Å². The molecule has 1 atom stereocenters. The maximum atomic E-state index is 12.3. The molecule has 0 spiro atoms. The van der Waals surface area contributed by atoms with Crippen molar-refractivity contribution in [2.45, 2.75) is 33.4 Å². The number of amides is 1. The van der Waals surface area contributed by atoms with Crippen molar-refractivity contribution in [3.63, 3.8) is 0 Å². The number of halogens is 1. The third-order valence-corrected chi connectivity index (χ3v) is 5.42. The zero-order valence-corrected chi connectivity index (χ0v) is 16.9. The number of carbonyl (C=O) groups is 1. The molecule has 1 amide bonds. The molecule has 3 aromatic rings. The molecule has 0 radical (unpaired) electrons. The predicted octanol–water partition coefficient (Wildman–Crippen LogP) is 3.63. The number of aryl methyl sites for hydroxylation is 1. The Bertz CT molecular complexity index is 1190. The highest BCUT2D eigenvalue weighted by Crippen LogP contribution is 2.36. The molecule has 4 rings (SSSR count). The normalized spacial score (nSPS) is 14.2. The van der Waals surface area contributed by atoms with E-state index in [0.717, 1.165) is 11.3 Å². The van der Waals surface area contributed by atoms with Crippen molar-refractivity contribution in [3.8, 4) is 0 Å². The van der Waals surface area contributed by atoms with Crippen LogP contribution in [0.3, 0.4) is 0 Å². The average molecular weight is 414 g/mol. The van der Waals surface area contributed by atoms with Gasteiger partial charge in [-0.2, -0.15) is 0 Å². The van der Waals surface area contributed by atoms with Crippen molar-refractivity contribution in [2.75, 3.05) is 10.6 Å². The number of fused-ring (bicyclic) bond motifs is 1. The zero-order chi connectivity index (χ0) is 20.9. The highest BCUT2D eigenvalue weighted by molar-refractivity contribution is 6.34. The lowest BCUT2D eigenvalue weighted by molar-refractivity contribution is 0.0966. The van der Waals surface area contributed by atoms with E-state index in [0.29, 0.717) is 28.6 Å². The van der Waals surface area contributed by atoms with Crippen molar-refractivity contribution < 1.29 is 9.21 Å². The van der Waals surface area contributed by atoms with Gasteiger partial charge >= 0.3 is 0 Å². The molecule has 0 fully saturated rings. The molecule has 7 nitrogen and oxygen atoms in total.